The first-order chi connectivity index (χ1) is 12.7. The second-order valence-electron chi connectivity index (χ2n) is 7.60. The van der Waals surface area contributed by atoms with Crippen molar-refractivity contribution in [2.45, 2.75) is 46.0 Å². The summed E-state index contributed by atoms with van der Waals surface area (Å²) in [5.74, 6) is 0. The fraction of sp³-hybridized carbons (Fsp3) is 0.375. The number of anilines is 1. The van der Waals surface area contributed by atoms with Gasteiger partial charge in [-0.25, -0.2) is 0 Å². The summed E-state index contributed by atoms with van der Waals surface area (Å²) in [5, 5.41) is 2.76. The van der Waals surface area contributed by atoms with Gasteiger partial charge in [-0.3, -0.25) is 4.98 Å². The molecule has 3 aromatic rings. The molecule has 2 aromatic carbocycles. The predicted molar refractivity (Wildman–Crippen MR) is 111 cm³/mol. The van der Waals surface area contributed by atoms with E-state index in [0.29, 0.717) is 0 Å². The van der Waals surface area contributed by atoms with Crippen LogP contribution in [0.15, 0.2) is 48.7 Å². The highest BCUT2D eigenvalue weighted by atomic mass is 15.1. The molecule has 0 amide bonds. The molecule has 0 unspecified atom stereocenters. The van der Waals surface area contributed by atoms with E-state index in [1.807, 2.05) is 0 Å². The predicted octanol–water partition coefficient (Wildman–Crippen LogP) is 5.63. The minimum Gasteiger partial charge on any atom is -0.371 e. The lowest BCUT2D eigenvalue weighted by Gasteiger charge is -2.30. The molecule has 0 aliphatic carbocycles. The summed E-state index contributed by atoms with van der Waals surface area (Å²) >= 11 is 0. The molecule has 4 rings (SSSR count). The molecule has 0 radical (unpaired) electrons. The van der Waals surface area contributed by atoms with Crippen LogP contribution >= 0.6 is 0 Å². The monoisotopic (exact) mass is 344 g/mol. The molecule has 0 spiro atoms. The Bertz CT molecular complexity index is 907. The van der Waals surface area contributed by atoms with Gasteiger partial charge in [0.1, 0.15) is 0 Å². The van der Waals surface area contributed by atoms with Gasteiger partial charge >= 0.3 is 0 Å². The van der Waals surface area contributed by atoms with Crippen molar-refractivity contribution >= 4 is 16.5 Å². The summed E-state index contributed by atoms with van der Waals surface area (Å²) in [6, 6.07) is 15.6. The van der Waals surface area contributed by atoms with Gasteiger partial charge in [-0.1, -0.05) is 36.4 Å². The first-order valence-electron chi connectivity index (χ1n) is 9.90. The Labute approximate surface area is 156 Å². The van der Waals surface area contributed by atoms with Gasteiger partial charge in [-0.2, -0.15) is 0 Å². The van der Waals surface area contributed by atoms with Gasteiger partial charge in [0.2, 0.25) is 0 Å². The van der Waals surface area contributed by atoms with E-state index < -0.39 is 0 Å². The number of benzene rings is 2. The lowest BCUT2D eigenvalue weighted by atomic mass is 9.97. The van der Waals surface area contributed by atoms with Crippen LogP contribution < -0.4 is 4.90 Å². The van der Waals surface area contributed by atoms with Gasteiger partial charge in [0.15, 0.2) is 0 Å². The standard InChI is InChI=1S/C24H28N2/c1-18-8-6-11-23-20(9-7-10-22(18)23)12-13-21-16-24(19(2)17-25-21)26-14-4-3-5-15-26/h6-11,16-17H,3-5,12-15H2,1-2H3. The molecule has 2 heterocycles. The van der Waals surface area contributed by atoms with Crippen molar-refractivity contribution in [2.75, 3.05) is 18.0 Å². The number of aryl methyl sites for hydroxylation is 4. The minimum atomic E-state index is 0.994. The van der Waals surface area contributed by atoms with Crippen molar-refractivity contribution in [3.05, 3.63) is 71.0 Å². The summed E-state index contributed by atoms with van der Waals surface area (Å²) in [5.41, 5.74) is 6.68. The smallest absolute Gasteiger partial charge is 0.0429 e. The molecule has 26 heavy (non-hydrogen) atoms. The third kappa shape index (κ3) is 3.46. The molecule has 2 heteroatoms. The van der Waals surface area contributed by atoms with E-state index in [9.17, 15) is 0 Å². The number of piperidine rings is 1. The maximum absolute atomic E-state index is 4.72. The average molecular weight is 345 g/mol. The molecule has 1 fully saturated rings. The molecule has 1 aliphatic rings. The molecule has 2 nitrogen and oxygen atoms in total. The van der Waals surface area contributed by atoms with E-state index in [1.54, 1.807) is 0 Å². The summed E-state index contributed by atoms with van der Waals surface area (Å²) < 4.78 is 0. The first-order valence-corrected chi connectivity index (χ1v) is 9.90. The van der Waals surface area contributed by atoms with Gasteiger partial charge in [-0.15, -0.1) is 0 Å². The molecule has 0 N–H and O–H groups in total. The van der Waals surface area contributed by atoms with Crippen molar-refractivity contribution in [2.24, 2.45) is 0 Å². The lowest BCUT2D eigenvalue weighted by molar-refractivity contribution is 0.576. The van der Waals surface area contributed by atoms with Crippen LogP contribution in [0.1, 0.15) is 41.6 Å². The van der Waals surface area contributed by atoms with E-state index >= 15 is 0 Å². The Balaban J connectivity index is 1.56. The molecule has 1 saturated heterocycles. The second kappa shape index (κ2) is 7.49. The van der Waals surface area contributed by atoms with Gasteiger partial charge in [-0.05, 0) is 79.5 Å². The molecular formula is C24H28N2. The summed E-state index contributed by atoms with van der Waals surface area (Å²) in [7, 11) is 0. The molecule has 134 valence electrons. The third-order valence-corrected chi connectivity index (χ3v) is 5.71. The van der Waals surface area contributed by atoms with Gasteiger partial charge in [0.25, 0.3) is 0 Å². The Morgan fingerprint density at radius 3 is 2.46 bits per heavy atom. The quantitative estimate of drug-likeness (QED) is 0.610. The average Bonchev–Trinajstić information content (AvgIpc) is 2.68. The maximum atomic E-state index is 4.72. The SMILES string of the molecule is Cc1cnc(CCc2cccc3c(C)cccc23)cc1N1CCCCC1. The zero-order valence-corrected chi connectivity index (χ0v) is 16.0. The highest BCUT2D eigenvalue weighted by molar-refractivity contribution is 5.88. The van der Waals surface area contributed by atoms with Gasteiger partial charge in [0, 0.05) is 30.7 Å². The maximum Gasteiger partial charge on any atom is 0.0429 e. The Hall–Kier alpha value is -2.35. The number of hydrogen-bond donors (Lipinski definition) is 0. The third-order valence-electron chi connectivity index (χ3n) is 5.71. The topological polar surface area (TPSA) is 16.1 Å². The Morgan fingerprint density at radius 1 is 0.846 bits per heavy atom. The zero-order chi connectivity index (χ0) is 17.9. The van der Waals surface area contributed by atoms with E-state index in [1.165, 1.54) is 71.2 Å². The van der Waals surface area contributed by atoms with Crippen molar-refractivity contribution in [1.82, 2.24) is 4.98 Å². The molecular weight excluding hydrogens is 316 g/mol. The van der Waals surface area contributed by atoms with Crippen molar-refractivity contribution < 1.29 is 0 Å². The molecule has 0 saturated carbocycles. The summed E-state index contributed by atoms with van der Waals surface area (Å²) in [6.07, 6.45) is 8.09. The number of pyridine rings is 1. The number of aromatic nitrogens is 1. The van der Waals surface area contributed by atoms with Crippen LogP contribution in [-0.2, 0) is 12.8 Å². The van der Waals surface area contributed by atoms with Gasteiger partial charge in [0.05, 0.1) is 0 Å². The number of fused-ring (bicyclic) bond motifs is 1. The Kier molecular flexibility index (Phi) is 4.92. The lowest BCUT2D eigenvalue weighted by Crippen LogP contribution is -2.30. The number of nitrogens with zero attached hydrogens (tertiary/aromatic N) is 2. The van der Waals surface area contributed by atoms with Crippen molar-refractivity contribution in [3.63, 3.8) is 0 Å². The summed E-state index contributed by atoms with van der Waals surface area (Å²) in [6.45, 7) is 6.76. The highest BCUT2D eigenvalue weighted by Gasteiger charge is 2.14. The first kappa shape index (κ1) is 17.1. The normalized spacial score (nSPS) is 14.8. The van der Waals surface area contributed by atoms with Gasteiger partial charge < -0.3 is 4.90 Å². The van der Waals surface area contributed by atoms with Crippen molar-refractivity contribution in [3.8, 4) is 0 Å². The van der Waals surface area contributed by atoms with Crippen LogP contribution in [0.5, 0.6) is 0 Å². The number of hydrogen-bond acceptors (Lipinski definition) is 2. The molecule has 1 aliphatic heterocycles. The second-order valence-corrected chi connectivity index (χ2v) is 7.60. The van der Waals surface area contributed by atoms with Crippen LogP contribution in [0.25, 0.3) is 10.8 Å². The van der Waals surface area contributed by atoms with Crippen molar-refractivity contribution in [1.29, 1.82) is 0 Å². The fourth-order valence-electron chi connectivity index (χ4n) is 4.18. The van der Waals surface area contributed by atoms with E-state index in [-0.39, 0.29) is 0 Å². The highest BCUT2D eigenvalue weighted by Crippen LogP contribution is 2.26. The Morgan fingerprint density at radius 2 is 1.62 bits per heavy atom. The van der Waals surface area contributed by atoms with E-state index in [4.69, 9.17) is 4.98 Å². The summed E-state index contributed by atoms with van der Waals surface area (Å²) in [4.78, 5) is 7.27. The number of rotatable bonds is 4. The zero-order valence-electron chi connectivity index (χ0n) is 16.0. The van der Waals surface area contributed by atoms with Crippen LogP contribution in [0.4, 0.5) is 5.69 Å². The molecule has 1 aromatic heterocycles. The van der Waals surface area contributed by atoms with Crippen LogP contribution in [0.2, 0.25) is 0 Å². The van der Waals surface area contributed by atoms with E-state index in [0.717, 1.165) is 12.8 Å². The molecule has 0 bridgehead atoms. The van der Waals surface area contributed by atoms with Crippen LogP contribution in [0, 0.1) is 13.8 Å². The minimum absolute atomic E-state index is 0.994. The van der Waals surface area contributed by atoms with E-state index in [2.05, 4.69) is 67.4 Å². The van der Waals surface area contributed by atoms with Crippen LogP contribution in [0.3, 0.4) is 0 Å². The van der Waals surface area contributed by atoms with Crippen LogP contribution in [-0.4, -0.2) is 18.1 Å². The fourth-order valence-corrected chi connectivity index (χ4v) is 4.18. The molecule has 0 atom stereocenters. The largest absolute Gasteiger partial charge is 0.371 e.